The fraction of sp³-hybridized carbons (Fsp3) is 0.467. The molecule has 2 rings (SSSR count). The average molecular weight is 275 g/mol. The fourth-order valence-corrected chi connectivity index (χ4v) is 2.53. The van der Waals surface area contributed by atoms with Gasteiger partial charge in [0.15, 0.2) is 0 Å². The molecule has 1 aliphatic rings. The number of benzene rings is 1. The van der Waals surface area contributed by atoms with Gasteiger partial charge in [0.25, 0.3) is 5.91 Å². The van der Waals surface area contributed by atoms with Gasteiger partial charge in [-0.3, -0.25) is 9.59 Å². The van der Waals surface area contributed by atoms with E-state index in [2.05, 4.69) is 10.6 Å². The molecule has 0 saturated carbocycles. The molecule has 0 aromatic heterocycles. The van der Waals surface area contributed by atoms with Crippen LogP contribution in [0.3, 0.4) is 0 Å². The van der Waals surface area contributed by atoms with Gasteiger partial charge in [-0.05, 0) is 36.1 Å². The number of nitrogens with one attached hydrogen (secondary N) is 2. The lowest BCUT2D eigenvalue weighted by molar-refractivity contribution is -0.120. The number of hydrogen-bond donors (Lipinski definition) is 3. The van der Waals surface area contributed by atoms with Crippen LogP contribution in [0.1, 0.15) is 35.3 Å². The highest BCUT2D eigenvalue weighted by Gasteiger charge is 2.24. The zero-order chi connectivity index (χ0) is 14.7. The van der Waals surface area contributed by atoms with E-state index in [4.69, 9.17) is 5.73 Å². The Bertz CT molecular complexity index is 526. The monoisotopic (exact) mass is 275 g/mol. The van der Waals surface area contributed by atoms with Crippen LogP contribution in [0.25, 0.3) is 0 Å². The van der Waals surface area contributed by atoms with Crippen molar-refractivity contribution in [1.82, 2.24) is 10.6 Å². The molecule has 1 heterocycles. The van der Waals surface area contributed by atoms with Gasteiger partial charge in [-0.15, -0.1) is 0 Å². The smallest absolute Gasteiger partial charge is 0.252 e. The van der Waals surface area contributed by atoms with Crippen molar-refractivity contribution >= 4 is 11.8 Å². The van der Waals surface area contributed by atoms with Crippen molar-refractivity contribution in [2.45, 2.75) is 32.9 Å². The number of nitrogens with two attached hydrogens (primary N) is 1. The first-order chi connectivity index (χ1) is 9.50. The van der Waals surface area contributed by atoms with Gasteiger partial charge in [0, 0.05) is 12.1 Å². The van der Waals surface area contributed by atoms with Crippen molar-refractivity contribution < 1.29 is 9.59 Å². The summed E-state index contributed by atoms with van der Waals surface area (Å²) in [6.45, 7) is 5.36. The number of rotatable bonds is 4. The zero-order valence-corrected chi connectivity index (χ0v) is 11.9. The van der Waals surface area contributed by atoms with Gasteiger partial charge in [0.1, 0.15) is 6.04 Å². The predicted molar refractivity (Wildman–Crippen MR) is 77.1 cm³/mol. The van der Waals surface area contributed by atoms with Crippen LogP contribution in [0.2, 0.25) is 0 Å². The molecule has 0 saturated heterocycles. The molecular weight excluding hydrogens is 254 g/mol. The molecule has 0 aliphatic carbocycles. The van der Waals surface area contributed by atoms with E-state index in [-0.39, 0.29) is 11.8 Å². The third kappa shape index (κ3) is 2.99. The van der Waals surface area contributed by atoms with E-state index >= 15 is 0 Å². The lowest BCUT2D eigenvalue weighted by atomic mass is 9.94. The van der Waals surface area contributed by atoms with Crippen LogP contribution in [0.5, 0.6) is 0 Å². The lowest BCUT2D eigenvalue weighted by Gasteiger charge is -2.23. The topological polar surface area (TPSA) is 84.2 Å². The predicted octanol–water partition coefficient (Wildman–Crippen LogP) is 0.572. The first-order valence-corrected chi connectivity index (χ1v) is 6.92. The lowest BCUT2D eigenvalue weighted by Crippen LogP contribution is -2.48. The minimum absolute atomic E-state index is 0.0299. The van der Waals surface area contributed by atoms with Gasteiger partial charge in [-0.1, -0.05) is 26.0 Å². The van der Waals surface area contributed by atoms with Gasteiger partial charge >= 0.3 is 0 Å². The Labute approximate surface area is 118 Å². The Morgan fingerprint density at radius 3 is 2.75 bits per heavy atom. The summed E-state index contributed by atoms with van der Waals surface area (Å²) in [4.78, 5) is 23.8. The van der Waals surface area contributed by atoms with Crippen LogP contribution in [0.4, 0.5) is 0 Å². The summed E-state index contributed by atoms with van der Waals surface area (Å²) in [5.41, 5.74) is 8.20. The Hall–Kier alpha value is -1.88. The molecule has 1 atom stereocenters. The molecule has 1 aromatic carbocycles. The number of fused-ring (bicyclic) bond motifs is 1. The highest BCUT2D eigenvalue weighted by molar-refractivity contribution is 5.98. The van der Waals surface area contributed by atoms with Crippen molar-refractivity contribution in [2.75, 3.05) is 6.54 Å². The summed E-state index contributed by atoms with van der Waals surface area (Å²) in [7, 11) is 0. The van der Waals surface area contributed by atoms with Crippen molar-refractivity contribution in [2.24, 2.45) is 11.7 Å². The standard InChI is InChI=1S/C15H21N3O2/c1-9(2)13(14(16)19)18-15(20)12-5-3-4-10-8-17-7-6-11(10)12/h3-5,9,13,17H,6-8H2,1-2H3,(H2,16,19)(H,18,20). The molecule has 0 bridgehead atoms. The van der Waals surface area contributed by atoms with Crippen LogP contribution in [0, 0.1) is 5.92 Å². The van der Waals surface area contributed by atoms with Crippen molar-refractivity contribution in [3.63, 3.8) is 0 Å². The largest absolute Gasteiger partial charge is 0.368 e. The summed E-state index contributed by atoms with van der Waals surface area (Å²) in [6, 6.07) is 5.06. The van der Waals surface area contributed by atoms with Gasteiger partial charge in [0.05, 0.1) is 0 Å². The van der Waals surface area contributed by atoms with Crippen molar-refractivity contribution in [3.8, 4) is 0 Å². The minimum atomic E-state index is -0.639. The molecule has 1 unspecified atom stereocenters. The van der Waals surface area contributed by atoms with Crippen molar-refractivity contribution in [1.29, 1.82) is 0 Å². The van der Waals surface area contributed by atoms with E-state index in [1.165, 1.54) is 0 Å². The normalized spacial score (nSPS) is 15.6. The van der Waals surface area contributed by atoms with E-state index in [9.17, 15) is 9.59 Å². The first-order valence-electron chi connectivity index (χ1n) is 6.92. The third-order valence-electron chi connectivity index (χ3n) is 3.64. The molecule has 5 heteroatoms. The molecular formula is C15H21N3O2. The fourth-order valence-electron chi connectivity index (χ4n) is 2.53. The van der Waals surface area contributed by atoms with E-state index in [1.54, 1.807) is 6.07 Å². The maximum atomic E-state index is 12.4. The van der Waals surface area contributed by atoms with E-state index < -0.39 is 11.9 Å². The molecule has 0 spiro atoms. The number of primary amides is 1. The minimum Gasteiger partial charge on any atom is -0.368 e. The molecule has 1 aliphatic heterocycles. The second-order valence-electron chi connectivity index (χ2n) is 5.47. The van der Waals surface area contributed by atoms with Gasteiger partial charge in [-0.2, -0.15) is 0 Å². The highest BCUT2D eigenvalue weighted by atomic mass is 16.2. The molecule has 0 radical (unpaired) electrons. The number of hydrogen-bond acceptors (Lipinski definition) is 3. The maximum absolute atomic E-state index is 12.4. The van der Waals surface area contributed by atoms with Gasteiger partial charge in [0.2, 0.25) is 5.91 Å². The zero-order valence-electron chi connectivity index (χ0n) is 11.9. The summed E-state index contributed by atoms with van der Waals surface area (Å²) in [5, 5.41) is 6.03. The van der Waals surface area contributed by atoms with Crippen LogP contribution in [-0.4, -0.2) is 24.4 Å². The summed E-state index contributed by atoms with van der Waals surface area (Å²) < 4.78 is 0. The number of carbonyl (C=O) groups excluding carboxylic acids is 2. The Kier molecular flexibility index (Phi) is 4.39. The molecule has 4 N–H and O–H groups in total. The quantitative estimate of drug-likeness (QED) is 0.751. The Morgan fingerprint density at radius 2 is 2.10 bits per heavy atom. The Morgan fingerprint density at radius 1 is 1.35 bits per heavy atom. The first kappa shape index (κ1) is 14.5. The van der Waals surface area contributed by atoms with Crippen LogP contribution < -0.4 is 16.4 Å². The molecule has 5 nitrogen and oxygen atoms in total. The van der Waals surface area contributed by atoms with E-state index in [0.717, 1.165) is 30.6 Å². The third-order valence-corrected chi connectivity index (χ3v) is 3.64. The maximum Gasteiger partial charge on any atom is 0.252 e. The SMILES string of the molecule is CC(C)C(NC(=O)c1cccc2c1CCNC2)C(N)=O. The number of carbonyl (C=O) groups is 2. The average Bonchev–Trinajstić information content (AvgIpc) is 2.43. The van der Waals surface area contributed by atoms with Gasteiger partial charge in [-0.25, -0.2) is 0 Å². The molecule has 20 heavy (non-hydrogen) atoms. The molecule has 2 amide bonds. The van der Waals surface area contributed by atoms with E-state index in [1.807, 2.05) is 26.0 Å². The number of amides is 2. The van der Waals surface area contributed by atoms with Crippen LogP contribution in [0.15, 0.2) is 18.2 Å². The Balaban J connectivity index is 2.23. The summed E-state index contributed by atoms with van der Waals surface area (Å²) >= 11 is 0. The van der Waals surface area contributed by atoms with Crippen LogP contribution in [-0.2, 0) is 17.8 Å². The molecule has 1 aromatic rings. The highest BCUT2D eigenvalue weighted by Crippen LogP contribution is 2.19. The van der Waals surface area contributed by atoms with E-state index in [0.29, 0.717) is 5.56 Å². The second kappa shape index (κ2) is 6.05. The molecule has 0 fully saturated rings. The van der Waals surface area contributed by atoms with Crippen molar-refractivity contribution in [3.05, 3.63) is 34.9 Å². The second-order valence-corrected chi connectivity index (χ2v) is 5.47. The summed E-state index contributed by atoms with van der Waals surface area (Å²) in [5.74, 6) is -0.751. The summed E-state index contributed by atoms with van der Waals surface area (Å²) in [6.07, 6.45) is 0.821. The molecule has 108 valence electrons. The van der Waals surface area contributed by atoms with Gasteiger partial charge < -0.3 is 16.4 Å². The van der Waals surface area contributed by atoms with Crippen LogP contribution >= 0.6 is 0 Å².